The highest BCUT2D eigenvalue weighted by Crippen LogP contribution is 2.29. The molecule has 0 saturated heterocycles. The first kappa shape index (κ1) is 13.5. The van der Waals surface area contributed by atoms with Crippen molar-refractivity contribution in [1.29, 1.82) is 0 Å². The van der Waals surface area contributed by atoms with Crippen LogP contribution in [0.1, 0.15) is 15.9 Å². The van der Waals surface area contributed by atoms with Crippen LogP contribution in [0.2, 0.25) is 0 Å². The minimum absolute atomic E-state index is 0.156. The van der Waals surface area contributed by atoms with Crippen LogP contribution < -0.4 is 4.74 Å². The second kappa shape index (κ2) is 5.40. The molecule has 0 saturated carbocycles. The Hall–Kier alpha value is -1.88. The van der Waals surface area contributed by atoms with Gasteiger partial charge in [0, 0.05) is 4.47 Å². The molecule has 2 aromatic rings. The van der Waals surface area contributed by atoms with Gasteiger partial charge in [0.25, 0.3) is 0 Å². The molecule has 0 radical (unpaired) electrons. The van der Waals surface area contributed by atoms with Gasteiger partial charge in [-0.1, -0.05) is 0 Å². The fraction of sp³-hybridized carbons (Fsp3) is 0.0714. The standard InChI is InChI=1S/C14H10BrFO3/c1-8-6-9(16)2-5-13(8)19-10-3-4-11(14(17)18)12(15)7-10/h2-7H,1H3,(H,17,18). The van der Waals surface area contributed by atoms with Crippen LogP contribution in [0.3, 0.4) is 0 Å². The zero-order valence-corrected chi connectivity index (χ0v) is 11.6. The number of aryl methyl sites for hydroxylation is 1. The zero-order valence-electron chi connectivity index (χ0n) is 9.98. The van der Waals surface area contributed by atoms with Crippen molar-refractivity contribution in [2.24, 2.45) is 0 Å². The molecule has 98 valence electrons. The van der Waals surface area contributed by atoms with Crippen molar-refractivity contribution < 1.29 is 19.0 Å². The summed E-state index contributed by atoms with van der Waals surface area (Å²) in [5.74, 6) is -0.341. The Morgan fingerprint density at radius 1 is 1.26 bits per heavy atom. The number of carboxylic acids is 1. The number of ether oxygens (including phenoxy) is 1. The predicted octanol–water partition coefficient (Wildman–Crippen LogP) is 4.39. The third-order valence-corrected chi connectivity index (χ3v) is 3.19. The summed E-state index contributed by atoms with van der Waals surface area (Å²) >= 11 is 3.17. The summed E-state index contributed by atoms with van der Waals surface area (Å²) in [6.07, 6.45) is 0. The van der Waals surface area contributed by atoms with Crippen molar-refractivity contribution in [2.45, 2.75) is 6.92 Å². The Labute approximate surface area is 117 Å². The van der Waals surface area contributed by atoms with Crippen molar-refractivity contribution in [2.75, 3.05) is 0 Å². The van der Waals surface area contributed by atoms with Gasteiger partial charge in [-0.15, -0.1) is 0 Å². The molecular formula is C14H10BrFO3. The first-order valence-electron chi connectivity index (χ1n) is 5.44. The molecular weight excluding hydrogens is 315 g/mol. The lowest BCUT2D eigenvalue weighted by atomic mass is 10.2. The van der Waals surface area contributed by atoms with Gasteiger partial charge in [-0.3, -0.25) is 0 Å². The van der Waals surface area contributed by atoms with Crippen molar-refractivity contribution in [1.82, 2.24) is 0 Å². The highest BCUT2D eigenvalue weighted by molar-refractivity contribution is 9.10. The third kappa shape index (κ3) is 3.12. The van der Waals surface area contributed by atoms with Crippen LogP contribution in [-0.4, -0.2) is 11.1 Å². The van der Waals surface area contributed by atoms with E-state index in [2.05, 4.69) is 15.9 Å². The number of aromatic carboxylic acids is 1. The molecule has 2 rings (SSSR count). The van der Waals surface area contributed by atoms with Gasteiger partial charge in [0.1, 0.15) is 17.3 Å². The molecule has 0 fully saturated rings. The van der Waals surface area contributed by atoms with Crippen LogP contribution in [0.4, 0.5) is 4.39 Å². The Morgan fingerprint density at radius 2 is 2.00 bits per heavy atom. The van der Waals surface area contributed by atoms with Gasteiger partial charge >= 0.3 is 5.97 Å². The summed E-state index contributed by atoms with van der Waals surface area (Å²) in [4.78, 5) is 10.9. The molecule has 0 bridgehead atoms. The SMILES string of the molecule is Cc1cc(F)ccc1Oc1ccc(C(=O)O)c(Br)c1. The van der Waals surface area contributed by atoms with Crippen molar-refractivity contribution in [3.8, 4) is 11.5 Å². The molecule has 3 nitrogen and oxygen atoms in total. The van der Waals surface area contributed by atoms with E-state index in [1.807, 2.05) is 0 Å². The van der Waals surface area contributed by atoms with Gasteiger partial charge < -0.3 is 9.84 Å². The van der Waals surface area contributed by atoms with Gasteiger partial charge in [-0.25, -0.2) is 9.18 Å². The van der Waals surface area contributed by atoms with E-state index in [1.165, 1.54) is 24.3 Å². The Bertz CT molecular complexity index is 641. The van der Waals surface area contributed by atoms with E-state index in [9.17, 15) is 9.18 Å². The van der Waals surface area contributed by atoms with E-state index in [0.29, 0.717) is 21.5 Å². The molecule has 0 heterocycles. The number of rotatable bonds is 3. The average Bonchev–Trinajstić information content (AvgIpc) is 2.32. The second-order valence-electron chi connectivity index (χ2n) is 3.96. The van der Waals surface area contributed by atoms with Crippen LogP contribution in [0.5, 0.6) is 11.5 Å². The monoisotopic (exact) mass is 324 g/mol. The van der Waals surface area contributed by atoms with Crippen molar-refractivity contribution in [3.63, 3.8) is 0 Å². The maximum Gasteiger partial charge on any atom is 0.336 e. The summed E-state index contributed by atoms with van der Waals surface area (Å²) in [5, 5.41) is 8.91. The summed E-state index contributed by atoms with van der Waals surface area (Å²) in [5.41, 5.74) is 0.821. The molecule has 5 heteroatoms. The van der Waals surface area contributed by atoms with Gasteiger partial charge in [0.2, 0.25) is 0 Å². The van der Waals surface area contributed by atoms with Crippen LogP contribution in [0.25, 0.3) is 0 Å². The first-order chi connectivity index (χ1) is 8.97. The lowest BCUT2D eigenvalue weighted by Crippen LogP contribution is -1.97. The van der Waals surface area contributed by atoms with Gasteiger partial charge in [-0.05, 0) is 64.8 Å². The van der Waals surface area contributed by atoms with Gasteiger partial charge in [0.15, 0.2) is 0 Å². The number of halogens is 2. The minimum atomic E-state index is -1.02. The number of hydrogen-bond acceptors (Lipinski definition) is 2. The number of carbonyl (C=O) groups is 1. The van der Waals surface area contributed by atoms with E-state index in [0.717, 1.165) is 0 Å². The van der Waals surface area contributed by atoms with E-state index in [-0.39, 0.29) is 11.4 Å². The number of benzene rings is 2. The Balaban J connectivity index is 2.29. The van der Waals surface area contributed by atoms with Crippen LogP contribution in [0, 0.1) is 12.7 Å². The Kier molecular flexibility index (Phi) is 3.85. The fourth-order valence-electron chi connectivity index (χ4n) is 1.59. The molecule has 0 aliphatic heterocycles. The summed E-state index contributed by atoms with van der Waals surface area (Å²) in [6, 6.07) is 8.77. The van der Waals surface area contributed by atoms with Crippen LogP contribution >= 0.6 is 15.9 Å². The van der Waals surface area contributed by atoms with Crippen molar-refractivity contribution in [3.05, 3.63) is 57.8 Å². The third-order valence-electron chi connectivity index (χ3n) is 2.54. The Morgan fingerprint density at radius 3 is 2.58 bits per heavy atom. The maximum absolute atomic E-state index is 13.0. The minimum Gasteiger partial charge on any atom is -0.478 e. The highest BCUT2D eigenvalue weighted by Gasteiger charge is 2.10. The fourth-order valence-corrected chi connectivity index (χ4v) is 2.11. The largest absolute Gasteiger partial charge is 0.478 e. The summed E-state index contributed by atoms with van der Waals surface area (Å²) in [7, 11) is 0. The second-order valence-corrected chi connectivity index (χ2v) is 4.81. The van der Waals surface area contributed by atoms with Crippen LogP contribution in [0.15, 0.2) is 40.9 Å². The molecule has 0 unspecified atom stereocenters. The molecule has 0 spiro atoms. The molecule has 1 N–H and O–H groups in total. The first-order valence-corrected chi connectivity index (χ1v) is 6.23. The average molecular weight is 325 g/mol. The highest BCUT2D eigenvalue weighted by atomic mass is 79.9. The van der Waals surface area contributed by atoms with E-state index in [1.54, 1.807) is 19.1 Å². The number of hydrogen-bond donors (Lipinski definition) is 1. The normalized spacial score (nSPS) is 10.3. The molecule has 0 aliphatic rings. The van der Waals surface area contributed by atoms with Gasteiger partial charge in [-0.2, -0.15) is 0 Å². The molecule has 19 heavy (non-hydrogen) atoms. The quantitative estimate of drug-likeness (QED) is 0.910. The molecule has 0 amide bonds. The number of carboxylic acid groups (broad SMARTS) is 1. The zero-order chi connectivity index (χ0) is 14.0. The predicted molar refractivity (Wildman–Crippen MR) is 72.3 cm³/mol. The van der Waals surface area contributed by atoms with E-state index < -0.39 is 5.97 Å². The lowest BCUT2D eigenvalue weighted by molar-refractivity contribution is 0.0696. The van der Waals surface area contributed by atoms with Crippen LogP contribution in [-0.2, 0) is 0 Å². The lowest BCUT2D eigenvalue weighted by Gasteiger charge is -2.09. The smallest absolute Gasteiger partial charge is 0.336 e. The topological polar surface area (TPSA) is 46.5 Å². The molecule has 0 aromatic heterocycles. The van der Waals surface area contributed by atoms with Crippen molar-refractivity contribution >= 4 is 21.9 Å². The molecule has 0 atom stereocenters. The summed E-state index contributed by atoms with van der Waals surface area (Å²) in [6.45, 7) is 1.74. The van der Waals surface area contributed by atoms with E-state index in [4.69, 9.17) is 9.84 Å². The van der Waals surface area contributed by atoms with Gasteiger partial charge in [0.05, 0.1) is 5.56 Å². The molecule has 2 aromatic carbocycles. The molecule has 0 aliphatic carbocycles. The van der Waals surface area contributed by atoms with E-state index >= 15 is 0 Å². The maximum atomic E-state index is 13.0. The summed E-state index contributed by atoms with van der Waals surface area (Å²) < 4.78 is 19.0.